The normalized spacial score (nSPS) is 15.5. The summed E-state index contributed by atoms with van der Waals surface area (Å²) >= 11 is 1.75. The highest BCUT2D eigenvalue weighted by Crippen LogP contribution is 2.38. The van der Waals surface area contributed by atoms with Crippen LogP contribution in [0.5, 0.6) is 0 Å². The number of nitro benzene ring substituents is 1. The second-order valence-electron chi connectivity index (χ2n) is 8.63. The number of carbonyl (C=O) groups excluding carboxylic acids is 1. The summed E-state index contributed by atoms with van der Waals surface area (Å²) in [7, 11) is 0. The van der Waals surface area contributed by atoms with Crippen LogP contribution in [0.25, 0.3) is 10.1 Å². The molecule has 1 aromatic heterocycles. The van der Waals surface area contributed by atoms with Crippen molar-refractivity contribution in [2.45, 2.75) is 32.6 Å². The fourth-order valence-corrected chi connectivity index (χ4v) is 5.37. The van der Waals surface area contributed by atoms with E-state index in [9.17, 15) is 14.9 Å². The van der Waals surface area contributed by atoms with Crippen LogP contribution in [0.2, 0.25) is 0 Å². The summed E-state index contributed by atoms with van der Waals surface area (Å²) in [5.41, 5.74) is 2.26. The first-order valence-electron chi connectivity index (χ1n) is 10.7. The Morgan fingerprint density at radius 1 is 1.23 bits per heavy atom. The van der Waals surface area contributed by atoms with Crippen LogP contribution >= 0.6 is 11.3 Å². The van der Waals surface area contributed by atoms with Gasteiger partial charge >= 0.3 is 0 Å². The van der Waals surface area contributed by atoms with Gasteiger partial charge in [0.15, 0.2) is 0 Å². The molecule has 7 heteroatoms. The summed E-state index contributed by atoms with van der Waals surface area (Å²) < 4.78 is 1.22. The lowest BCUT2D eigenvalue weighted by Crippen LogP contribution is -2.35. The van der Waals surface area contributed by atoms with Gasteiger partial charge < -0.3 is 10.2 Å². The number of nitrogens with one attached hydrogen (secondary N) is 1. The third kappa shape index (κ3) is 4.94. The number of carbonyl (C=O) groups is 1. The molecule has 1 aliphatic heterocycles. The van der Waals surface area contributed by atoms with E-state index in [1.807, 2.05) is 18.2 Å². The minimum atomic E-state index is -0.493. The maximum absolute atomic E-state index is 12.6. The van der Waals surface area contributed by atoms with Crippen molar-refractivity contribution in [2.75, 3.05) is 25.0 Å². The van der Waals surface area contributed by atoms with Crippen molar-refractivity contribution in [1.29, 1.82) is 0 Å². The van der Waals surface area contributed by atoms with Crippen molar-refractivity contribution in [1.82, 2.24) is 4.90 Å². The fraction of sp³-hybridized carbons (Fsp3) is 0.375. The Morgan fingerprint density at radius 3 is 2.71 bits per heavy atom. The van der Waals surface area contributed by atoms with E-state index in [1.165, 1.54) is 33.8 Å². The predicted octanol–water partition coefficient (Wildman–Crippen LogP) is 5.90. The third-order valence-corrected chi connectivity index (χ3v) is 6.81. The molecule has 1 fully saturated rings. The maximum Gasteiger partial charge on any atom is 0.270 e. The van der Waals surface area contributed by atoms with Gasteiger partial charge in [0.25, 0.3) is 11.6 Å². The van der Waals surface area contributed by atoms with E-state index in [0.29, 0.717) is 17.5 Å². The number of piperidine rings is 1. The highest BCUT2D eigenvalue weighted by Gasteiger charge is 2.23. The van der Waals surface area contributed by atoms with Gasteiger partial charge in [-0.05, 0) is 78.4 Å². The van der Waals surface area contributed by atoms with Crippen LogP contribution in [-0.4, -0.2) is 35.4 Å². The van der Waals surface area contributed by atoms with E-state index in [2.05, 4.69) is 29.4 Å². The average Bonchev–Trinajstić information content (AvgIpc) is 3.17. The molecule has 0 atom stereocenters. The fourth-order valence-electron chi connectivity index (χ4n) is 4.35. The van der Waals surface area contributed by atoms with Crippen LogP contribution in [0.15, 0.2) is 47.8 Å². The van der Waals surface area contributed by atoms with Crippen molar-refractivity contribution in [3.05, 3.63) is 69.1 Å². The summed E-state index contributed by atoms with van der Waals surface area (Å²) in [6.07, 6.45) is 2.31. The molecule has 3 aromatic rings. The number of benzene rings is 2. The second kappa shape index (κ2) is 9.16. The van der Waals surface area contributed by atoms with E-state index >= 15 is 0 Å². The lowest BCUT2D eigenvalue weighted by Gasteiger charge is -2.33. The third-order valence-electron chi connectivity index (χ3n) is 5.83. The van der Waals surface area contributed by atoms with Gasteiger partial charge in [0, 0.05) is 34.6 Å². The number of rotatable bonds is 6. The van der Waals surface area contributed by atoms with Crippen LogP contribution in [0.4, 0.5) is 11.4 Å². The first-order chi connectivity index (χ1) is 14.9. The molecule has 1 amide bonds. The van der Waals surface area contributed by atoms with Crippen LogP contribution in [0.1, 0.15) is 48.5 Å². The number of non-ortho nitro benzene ring substituents is 1. The number of hydrogen-bond acceptors (Lipinski definition) is 5. The van der Waals surface area contributed by atoms with E-state index in [1.54, 1.807) is 17.4 Å². The first-order valence-corrected chi connectivity index (χ1v) is 11.6. The van der Waals surface area contributed by atoms with Gasteiger partial charge in [0.2, 0.25) is 0 Å². The summed E-state index contributed by atoms with van der Waals surface area (Å²) in [5, 5.41) is 17.3. The van der Waals surface area contributed by atoms with Crippen LogP contribution in [0, 0.1) is 16.0 Å². The zero-order valence-electron chi connectivity index (χ0n) is 17.8. The zero-order chi connectivity index (χ0) is 22.0. The van der Waals surface area contributed by atoms with Crippen molar-refractivity contribution in [3.63, 3.8) is 0 Å². The largest absolute Gasteiger partial charge is 0.322 e. The smallest absolute Gasteiger partial charge is 0.270 e. The van der Waals surface area contributed by atoms with Gasteiger partial charge in [-0.15, -0.1) is 11.3 Å². The molecular weight excluding hydrogens is 410 g/mol. The number of hydrogen-bond donors (Lipinski definition) is 1. The molecule has 31 heavy (non-hydrogen) atoms. The van der Waals surface area contributed by atoms with Crippen molar-refractivity contribution in [2.24, 2.45) is 5.92 Å². The number of thiophene rings is 1. The van der Waals surface area contributed by atoms with Gasteiger partial charge in [-0.2, -0.15) is 0 Å². The monoisotopic (exact) mass is 437 g/mol. The molecule has 0 spiro atoms. The average molecular weight is 438 g/mol. The molecule has 4 rings (SSSR count). The van der Waals surface area contributed by atoms with Gasteiger partial charge in [0.05, 0.1) is 4.92 Å². The maximum atomic E-state index is 12.6. The van der Waals surface area contributed by atoms with Crippen LogP contribution < -0.4 is 5.32 Å². The molecule has 1 aliphatic rings. The van der Waals surface area contributed by atoms with E-state index in [0.717, 1.165) is 32.5 Å². The molecule has 1 saturated heterocycles. The Hall–Kier alpha value is -2.77. The first kappa shape index (κ1) is 21.5. The molecule has 0 aliphatic carbocycles. The summed E-state index contributed by atoms with van der Waals surface area (Å²) in [5.74, 6) is 0.887. The highest BCUT2D eigenvalue weighted by molar-refractivity contribution is 7.17. The topological polar surface area (TPSA) is 75.5 Å². The molecule has 6 nitrogen and oxygen atoms in total. The molecule has 2 aromatic carbocycles. The van der Waals surface area contributed by atoms with E-state index in [-0.39, 0.29) is 17.2 Å². The summed E-state index contributed by atoms with van der Waals surface area (Å²) in [6.45, 7) is 7.95. The van der Waals surface area contributed by atoms with E-state index < -0.39 is 4.92 Å². The second-order valence-corrected chi connectivity index (χ2v) is 9.54. The number of likely N-dealkylation sites (tertiary alicyclic amines) is 1. The minimum Gasteiger partial charge on any atom is -0.322 e. The Balaban J connectivity index is 1.50. The van der Waals surface area contributed by atoms with Gasteiger partial charge in [-0.3, -0.25) is 14.9 Å². The number of nitro groups is 1. The van der Waals surface area contributed by atoms with Crippen LogP contribution in [-0.2, 0) is 0 Å². The van der Waals surface area contributed by atoms with Crippen molar-refractivity contribution in [3.8, 4) is 0 Å². The number of amides is 1. The standard InChI is InChI=1S/C24H27N3O3S/c1-16(2)14-26-10-8-17(9-11-26)22-15-31-23-7-6-19(13-21(22)23)25-24(28)18-4-3-5-20(12-18)27(29)30/h3-7,12-13,15-17H,8-11,14H2,1-2H3,(H,25,28). The SMILES string of the molecule is CC(C)CN1CCC(c2csc3ccc(NC(=O)c4cccc([N+](=O)[O-])c4)cc23)CC1. The number of fused-ring (bicyclic) bond motifs is 1. The molecule has 0 unspecified atom stereocenters. The highest BCUT2D eigenvalue weighted by atomic mass is 32.1. The Labute approximate surface area is 186 Å². The molecule has 0 saturated carbocycles. The number of nitrogens with zero attached hydrogens (tertiary/aromatic N) is 2. The molecule has 162 valence electrons. The van der Waals surface area contributed by atoms with Gasteiger partial charge in [0.1, 0.15) is 0 Å². The van der Waals surface area contributed by atoms with Gasteiger partial charge in [-0.25, -0.2) is 0 Å². The lowest BCUT2D eigenvalue weighted by molar-refractivity contribution is -0.384. The minimum absolute atomic E-state index is 0.0907. The number of anilines is 1. The van der Waals surface area contributed by atoms with Crippen molar-refractivity contribution >= 4 is 38.7 Å². The van der Waals surface area contributed by atoms with E-state index in [4.69, 9.17) is 0 Å². The Morgan fingerprint density at radius 2 is 2.00 bits per heavy atom. The van der Waals surface area contributed by atoms with Gasteiger partial charge in [-0.1, -0.05) is 19.9 Å². The van der Waals surface area contributed by atoms with Crippen molar-refractivity contribution < 1.29 is 9.72 Å². The summed E-state index contributed by atoms with van der Waals surface area (Å²) in [6, 6.07) is 11.8. The zero-order valence-corrected chi connectivity index (χ0v) is 18.7. The lowest BCUT2D eigenvalue weighted by atomic mass is 9.89. The predicted molar refractivity (Wildman–Crippen MR) is 126 cm³/mol. The summed E-state index contributed by atoms with van der Waals surface area (Å²) in [4.78, 5) is 25.7. The molecular formula is C24H27N3O3S. The molecule has 1 N–H and O–H groups in total. The Kier molecular flexibility index (Phi) is 6.34. The molecule has 0 bridgehead atoms. The Bertz CT molecular complexity index is 1100. The molecule has 0 radical (unpaired) electrons. The quantitative estimate of drug-likeness (QED) is 0.385. The molecule has 2 heterocycles. The van der Waals surface area contributed by atoms with Crippen LogP contribution in [0.3, 0.4) is 0 Å².